The lowest BCUT2D eigenvalue weighted by atomic mass is 10.1. The van der Waals surface area contributed by atoms with E-state index in [1.165, 1.54) is 75.4 Å². The third kappa shape index (κ3) is 10.9. The summed E-state index contributed by atoms with van der Waals surface area (Å²) < 4.78 is 31.8. The first-order chi connectivity index (χ1) is 25.3. The highest BCUT2D eigenvalue weighted by atomic mass is 16.6. The normalized spacial score (nSPS) is 12.2. The zero-order chi connectivity index (χ0) is 39.2. The molecule has 0 saturated carbocycles. The monoisotopic (exact) mass is 735 g/mol. The molecule has 4 rings (SSSR count). The molecule has 0 aliphatic carbocycles. The Kier molecular flexibility index (Phi) is 15.2. The van der Waals surface area contributed by atoms with E-state index in [9.17, 15) is 29.7 Å². The fourth-order valence-electron chi connectivity index (χ4n) is 4.59. The molecule has 0 fully saturated rings. The Balaban J connectivity index is 0.00000372. The van der Waals surface area contributed by atoms with E-state index in [0.29, 0.717) is 0 Å². The summed E-state index contributed by atoms with van der Waals surface area (Å²) in [5.41, 5.74) is 0.379. The van der Waals surface area contributed by atoms with Crippen LogP contribution in [0.5, 0.6) is 34.5 Å². The standard InChI is InChI=1S/C36H39N3O12.C2H6/c1-7-46-34(43)19(4)49-22-10-13-25(28(40)16-22)31-37-32(26-14-11-23(17-29(26)41)50-20(5)35(44)47-8-2)39-33(38-31)27-15-12-24(18-30(27)42)51-21(6)36(45)48-9-3;1-2/h10-21,40-42H,7-9H2,1-6H3;1-2H3. The topological polar surface area (TPSA) is 206 Å². The van der Waals surface area contributed by atoms with Gasteiger partial charge in [-0.2, -0.15) is 0 Å². The molecular weight excluding hydrogens is 690 g/mol. The number of phenols is 3. The van der Waals surface area contributed by atoms with Gasteiger partial charge in [-0.25, -0.2) is 29.3 Å². The van der Waals surface area contributed by atoms with Crippen molar-refractivity contribution in [2.45, 2.75) is 73.7 Å². The lowest BCUT2D eigenvalue weighted by molar-refractivity contribution is -0.151. The predicted molar refractivity (Wildman–Crippen MR) is 193 cm³/mol. The number of hydrogen-bond acceptors (Lipinski definition) is 15. The maximum absolute atomic E-state index is 12.0. The van der Waals surface area contributed by atoms with E-state index < -0.39 is 36.2 Å². The number of aromatic hydroxyl groups is 3. The lowest BCUT2D eigenvalue weighted by Crippen LogP contribution is -2.26. The summed E-state index contributed by atoms with van der Waals surface area (Å²) in [5.74, 6) is -2.32. The molecule has 4 aromatic rings. The maximum atomic E-state index is 12.0. The maximum Gasteiger partial charge on any atom is 0.347 e. The second-order valence-electron chi connectivity index (χ2n) is 10.9. The van der Waals surface area contributed by atoms with Gasteiger partial charge in [-0.15, -0.1) is 0 Å². The van der Waals surface area contributed by atoms with Crippen LogP contribution in [-0.4, -0.2) is 86.3 Å². The van der Waals surface area contributed by atoms with Crippen molar-refractivity contribution in [3.05, 3.63) is 54.6 Å². The van der Waals surface area contributed by atoms with Gasteiger partial charge in [0.2, 0.25) is 0 Å². The van der Waals surface area contributed by atoms with Crippen LogP contribution in [0.2, 0.25) is 0 Å². The quantitative estimate of drug-likeness (QED) is 0.0945. The van der Waals surface area contributed by atoms with Gasteiger partial charge < -0.3 is 43.7 Å². The number of benzene rings is 3. The number of rotatable bonds is 15. The molecule has 0 radical (unpaired) electrons. The van der Waals surface area contributed by atoms with Crippen LogP contribution in [0.15, 0.2) is 54.6 Å². The molecule has 1 heterocycles. The number of carbonyl (C=O) groups excluding carboxylic acids is 3. The summed E-state index contributed by atoms with van der Waals surface area (Å²) in [7, 11) is 0. The predicted octanol–water partition coefficient (Wildman–Crippen LogP) is 6.01. The number of phenolic OH excluding ortho intramolecular Hbond substituents is 3. The van der Waals surface area contributed by atoms with Gasteiger partial charge in [0, 0.05) is 18.2 Å². The van der Waals surface area contributed by atoms with E-state index in [2.05, 4.69) is 15.0 Å². The van der Waals surface area contributed by atoms with Gasteiger partial charge in [0.1, 0.15) is 34.5 Å². The zero-order valence-corrected chi connectivity index (χ0v) is 30.9. The third-order valence-electron chi connectivity index (χ3n) is 7.06. The van der Waals surface area contributed by atoms with Crippen LogP contribution >= 0.6 is 0 Å². The summed E-state index contributed by atoms with van der Waals surface area (Å²) in [4.78, 5) is 49.6. The minimum absolute atomic E-state index is 0.0520. The highest BCUT2D eigenvalue weighted by molar-refractivity contribution is 5.77. The molecule has 3 aromatic carbocycles. The molecule has 3 N–H and O–H groups in total. The Hall–Kier alpha value is -6.12. The molecule has 15 nitrogen and oxygen atoms in total. The first kappa shape index (κ1) is 41.3. The third-order valence-corrected chi connectivity index (χ3v) is 7.06. The molecule has 0 spiro atoms. The van der Waals surface area contributed by atoms with E-state index in [-0.39, 0.29) is 88.5 Å². The Morgan fingerprint density at radius 3 is 0.962 bits per heavy atom. The minimum atomic E-state index is -0.948. The zero-order valence-electron chi connectivity index (χ0n) is 30.9. The van der Waals surface area contributed by atoms with Crippen LogP contribution in [0.3, 0.4) is 0 Å². The van der Waals surface area contributed by atoms with Gasteiger partial charge in [0.15, 0.2) is 35.8 Å². The number of esters is 3. The Labute approximate surface area is 307 Å². The highest BCUT2D eigenvalue weighted by Gasteiger charge is 2.23. The molecule has 3 atom stereocenters. The fraction of sp³-hybridized carbons (Fsp3) is 0.368. The minimum Gasteiger partial charge on any atom is -0.507 e. The molecule has 0 aliphatic heterocycles. The van der Waals surface area contributed by atoms with Crippen molar-refractivity contribution in [3.8, 4) is 68.7 Å². The molecule has 0 saturated heterocycles. The molecular formula is C38H45N3O12. The average Bonchev–Trinajstić information content (AvgIpc) is 3.12. The van der Waals surface area contributed by atoms with Crippen molar-refractivity contribution in [1.82, 2.24) is 15.0 Å². The van der Waals surface area contributed by atoms with E-state index in [4.69, 9.17) is 28.4 Å². The molecule has 284 valence electrons. The number of carbonyl (C=O) groups is 3. The first-order valence-corrected chi connectivity index (χ1v) is 17.1. The van der Waals surface area contributed by atoms with Crippen molar-refractivity contribution in [1.29, 1.82) is 0 Å². The lowest BCUT2D eigenvalue weighted by Gasteiger charge is -2.16. The Morgan fingerprint density at radius 2 is 0.755 bits per heavy atom. The average molecular weight is 736 g/mol. The smallest absolute Gasteiger partial charge is 0.347 e. The second-order valence-corrected chi connectivity index (χ2v) is 10.9. The second kappa shape index (κ2) is 19.5. The molecule has 53 heavy (non-hydrogen) atoms. The largest absolute Gasteiger partial charge is 0.507 e. The SMILES string of the molecule is CC.CCOC(=O)C(C)Oc1ccc(-c2nc(-c3ccc(OC(C)C(=O)OCC)cc3O)nc(-c3ccc(OC(C)C(=O)OCC)cc3O)n2)c(O)c1. The van der Waals surface area contributed by atoms with E-state index in [0.717, 1.165) is 0 Å². The molecule has 0 aliphatic rings. The van der Waals surface area contributed by atoms with Gasteiger partial charge in [0.05, 0.1) is 36.5 Å². The first-order valence-electron chi connectivity index (χ1n) is 17.1. The van der Waals surface area contributed by atoms with Gasteiger partial charge in [-0.05, 0) is 77.9 Å². The van der Waals surface area contributed by atoms with Crippen LogP contribution in [0.1, 0.15) is 55.4 Å². The summed E-state index contributed by atoms with van der Waals surface area (Å²) in [6.07, 6.45) is -2.84. The molecule has 0 amide bonds. The molecule has 0 bridgehead atoms. The molecule has 15 heteroatoms. The number of hydrogen-bond donors (Lipinski definition) is 3. The Bertz CT molecular complexity index is 1660. The molecule has 3 unspecified atom stereocenters. The summed E-state index contributed by atoms with van der Waals surface area (Å²) in [6, 6.07) is 12.7. The highest BCUT2D eigenvalue weighted by Crippen LogP contribution is 2.38. The van der Waals surface area contributed by atoms with E-state index >= 15 is 0 Å². The number of aromatic nitrogens is 3. The summed E-state index contributed by atoms with van der Waals surface area (Å²) in [6.45, 7) is 14.1. The van der Waals surface area contributed by atoms with E-state index in [1.807, 2.05) is 13.8 Å². The van der Waals surface area contributed by atoms with Crippen molar-refractivity contribution >= 4 is 17.9 Å². The fourth-order valence-corrected chi connectivity index (χ4v) is 4.59. The number of ether oxygens (including phenoxy) is 6. The molecule has 1 aromatic heterocycles. The van der Waals surface area contributed by atoms with Gasteiger partial charge in [-0.3, -0.25) is 0 Å². The van der Waals surface area contributed by atoms with Crippen molar-refractivity contribution < 1.29 is 58.1 Å². The summed E-state index contributed by atoms with van der Waals surface area (Å²) >= 11 is 0. The van der Waals surface area contributed by atoms with Crippen molar-refractivity contribution in [2.24, 2.45) is 0 Å². The van der Waals surface area contributed by atoms with Crippen LogP contribution in [0, 0.1) is 0 Å². The van der Waals surface area contributed by atoms with Crippen molar-refractivity contribution in [3.63, 3.8) is 0 Å². The van der Waals surface area contributed by atoms with Gasteiger partial charge in [0.25, 0.3) is 0 Å². The van der Waals surface area contributed by atoms with Crippen LogP contribution in [0.25, 0.3) is 34.2 Å². The van der Waals surface area contributed by atoms with Crippen LogP contribution < -0.4 is 14.2 Å². The summed E-state index contributed by atoms with van der Waals surface area (Å²) in [5, 5.41) is 33.1. The Morgan fingerprint density at radius 1 is 0.509 bits per heavy atom. The van der Waals surface area contributed by atoms with Crippen molar-refractivity contribution in [2.75, 3.05) is 19.8 Å². The van der Waals surface area contributed by atoms with Gasteiger partial charge >= 0.3 is 17.9 Å². The van der Waals surface area contributed by atoms with Crippen LogP contribution in [0.4, 0.5) is 0 Å². The van der Waals surface area contributed by atoms with Crippen LogP contribution in [-0.2, 0) is 28.6 Å². The van der Waals surface area contributed by atoms with E-state index in [1.54, 1.807) is 20.8 Å². The van der Waals surface area contributed by atoms with Gasteiger partial charge in [-0.1, -0.05) is 13.8 Å². The number of nitrogens with zero attached hydrogens (tertiary/aromatic N) is 3.